The molecule has 3 fully saturated rings. The average molecular weight is 374 g/mol. The first-order chi connectivity index (χ1) is 11.6. The summed E-state index contributed by atoms with van der Waals surface area (Å²) in [5.41, 5.74) is -1.86. The molecule has 0 radical (unpaired) electrons. The molecular weight excluding hydrogens is 361 g/mol. The number of aliphatic hydroxyl groups is 1. The Labute approximate surface area is 141 Å². The molecule has 1 aromatic carbocycles. The number of hydrogen-bond acceptors (Lipinski definition) is 5. The maximum absolute atomic E-state index is 13.1. The standard InChI is InChI=1S/C15H13F3N2O4S/c16-15(17,18)10-3-8(2-1-7(10)5-19)20-6-9-12-4-11(21)13(24-12)14(9)25(20,22)23/h1-3,9,11-14,21H,4,6H2/t9-,11-,12+,13-,14-/m1/s1. The molecule has 0 saturated carbocycles. The van der Waals surface area contributed by atoms with Crippen molar-refractivity contribution in [2.45, 2.75) is 36.2 Å². The Morgan fingerprint density at radius 2 is 2.08 bits per heavy atom. The van der Waals surface area contributed by atoms with Gasteiger partial charge in [-0.1, -0.05) is 0 Å². The minimum absolute atomic E-state index is 0.00405. The Bertz CT molecular complexity index is 880. The highest BCUT2D eigenvalue weighted by Gasteiger charge is 2.64. The van der Waals surface area contributed by atoms with Gasteiger partial charge in [-0.15, -0.1) is 0 Å². The second-order valence-electron chi connectivity index (χ2n) is 6.49. The van der Waals surface area contributed by atoms with Crippen molar-refractivity contribution in [2.75, 3.05) is 10.8 Å². The molecule has 1 N–H and O–H groups in total. The van der Waals surface area contributed by atoms with Crippen molar-refractivity contribution in [2.24, 2.45) is 5.92 Å². The van der Waals surface area contributed by atoms with Crippen LogP contribution in [0.5, 0.6) is 0 Å². The Kier molecular flexibility index (Phi) is 3.39. The molecule has 0 aromatic heterocycles. The number of fused-ring (bicyclic) bond motifs is 5. The van der Waals surface area contributed by atoms with Gasteiger partial charge in [-0.25, -0.2) is 8.42 Å². The van der Waals surface area contributed by atoms with Crippen LogP contribution in [0.25, 0.3) is 0 Å². The van der Waals surface area contributed by atoms with E-state index in [1.54, 1.807) is 0 Å². The molecule has 25 heavy (non-hydrogen) atoms. The van der Waals surface area contributed by atoms with Crippen molar-refractivity contribution in [1.29, 1.82) is 5.26 Å². The summed E-state index contributed by atoms with van der Waals surface area (Å²) >= 11 is 0. The van der Waals surface area contributed by atoms with E-state index < -0.39 is 50.9 Å². The second-order valence-corrected chi connectivity index (χ2v) is 8.50. The number of nitrogens with zero attached hydrogens (tertiary/aromatic N) is 2. The summed E-state index contributed by atoms with van der Waals surface area (Å²) in [5.74, 6) is -0.386. The minimum atomic E-state index is -4.77. The third-order valence-electron chi connectivity index (χ3n) is 5.15. The van der Waals surface area contributed by atoms with Crippen LogP contribution in [0.4, 0.5) is 18.9 Å². The number of nitriles is 1. The number of benzene rings is 1. The first kappa shape index (κ1) is 16.6. The highest BCUT2D eigenvalue weighted by Crippen LogP contribution is 2.49. The number of halogens is 3. The number of alkyl halides is 3. The zero-order chi connectivity index (χ0) is 18.1. The predicted molar refractivity (Wildman–Crippen MR) is 79.0 cm³/mol. The van der Waals surface area contributed by atoms with Gasteiger partial charge in [0.05, 0.1) is 35.1 Å². The van der Waals surface area contributed by atoms with E-state index in [-0.39, 0.29) is 18.2 Å². The summed E-state index contributed by atoms with van der Waals surface area (Å²) in [6.07, 6.45) is -6.57. The molecule has 3 saturated heterocycles. The molecule has 6 nitrogen and oxygen atoms in total. The second kappa shape index (κ2) is 5.09. The predicted octanol–water partition coefficient (Wildman–Crippen LogP) is 1.24. The van der Waals surface area contributed by atoms with Gasteiger partial charge < -0.3 is 9.84 Å². The Morgan fingerprint density at radius 1 is 1.36 bits per heavy atom. The zero-order valence-electron chi connectivity index (χ0n) is 12.6. The molecular formula is C15H13F3N2O4S. The Hall–Kier alpha value is -1.83. The van der Waals surface area contributed by atoms with Crippen molar-refractivity contribution in [3.8, 4) is 6.07 Å². The number of rotatable bonds is 1. The van der Waals surface area contributed by atoms with Gasteiger partial charge in [0.15, 0.2) is 0 Å². The molecule has 0 aliphatic carbocycles. The maximum atomic E-state index is 13.1. The van der Waals surface area contributed by atoms with Crippen LogP contribution in [0.1, 0.15) is 17.5 Å². The number of sulfonamides is 1. The lowest BCUT2D eigenvalue weighted by Crippen LogP contribution is -2.42. The van der Waals surface area contributed by atoms with Gasteiger partial charge >= 0.3 is 6.18 Å². The van der Waals surface area contributed by atoms with E-state index in [9.17, 15) is 26.7 Å². The van der Waals surface area contributed by atoms with Crippen LogP contribution in [-0.4, -0.2) is 43.6 Å². The van der Waals surface area contributed by atoms with Gasteiger partial charge in [-0.05, 0) is 18.2 Å². The maximum Gasteiger partial charge on any atom is 0.417 e. The largest absolute Gasteiger partial charge is 0.417 e. The lowest BCUT2D eigenvalue weighted by atomic mass is 9.87. The number of aliphatic hydroxyl groups excluding tert-OH is 1. The number of anilines is 1. The van der Waals surface area contributed by atoms with Gasteiger partial charge in [0, 0.05) is 18.9 Å². The van der Waals surface area contributed by atoms with E-state index in [0.717, 1.165) is 10.4 Å². The van der Waals surface area contributed by atoms with E-state index in [1.165, 1.54) is 12.1 Å². The normalized spacial score (nSPS) is 35.6. The third-order valence-corrected chi connectivity index (χ3v) is 7.43. The van der Waals surface area contributed by atoms with Crippen LogP contribution in [0.3, 0.4) is 0 Å². The smallest absolute Gasteiger partial charge is 0.390 e. The van der Waals surface area contributed by atoms with E-state index in [0.29, 0.717) is 12.5 Å². The van der Waals surface area contributed by atoms with Gasteiger partial charge in [0.1, 0.15) is 11.4 Å². The van der Waals surface area contributed by atoms with Crippen LogP contribution in [-0.2, 0) is 20.9 Å². The van der Waals surface area contributed by atoms with Crippen molar-refractivity contribution in [1.82, 2.24) is 0 Å². The molecule has 0 amide bonds. The third kappa shape index (κ3) is 2.26. The molecule has 4 rings (SSSR count). The minimum Gasteiger partial charge on any atom is -0.390 e. The fourth-order valence-corrected chi connectivity index (χ4v) is 6.44. The van der Waals surface area contributed by atoms with Crippen LogP contribution in [0.2, 0.25) is 0 Å². The first-order valence-corrected chi connectivity index (χ1v) is 9.11. The molecule has 3 aliphatic rings. The van der Waals surface area contributed by atoms with E-state index in [2.05, 4.69) is 0 Å². The fraction of sp³-hybridized carbons (Fsp3) is 0.533. The quantitative estimate of drug-likeness (QED) is 0.799. The van der Waals surface area contributed by atoms with Crippen LogP contribution in [0, 0.1) is 17.2 Å². The van der Waals surface area contributed by atoms with Crippen molar-refractivity contribution in [3.63, 3.8) is 0 Å². The summed E-state index contributed by atoms with van der Waals surface area (Å²) in [6, 6.07) is 4.33. The van der Waals surface area contributed by atoms with Gasteiger partial charge in [-0.2, -0.15) is 18.4 Å². The molecule has 2 bridgehead atoms. The molecule has 134 valence electrons. The van der Waals surface area contributed by atoms with E-state index in [1.807, 2.05) is 0 Å². The van der Waals surface area contributed by atoms with Gasteiger partial charge in [0.25, 0.3) is 0 Å². The number of hydrogen-bond donors (Lipinski definition) is 1. The summed E-state index contributed by atoms with van der Waals surface area (Å²) in [6.45, 7) is 0.00405. The van der Waals surface area contributed by atoms with Gasteiger partial charge in [-0.3, -0.25) is 4.31 Å². The zero-order valence-corrected chi connectivity index (χ0v) is 13.5. The van der Waals surface area contributed by atoms with Crippen molar-refractivity contribution >= 4 is 15.7 Å². The monoisotopic (exact) mass is 374 g/mol. The highest BCUT2D eigenvalue weighted by atomic mass is 32.2. The summed E-state index contributed by atoms with van der Waals surface area (Å²) in [5, 5.41) is 17.8. The van der Waals surface area contributed by atoms with E-state index in [4.69, 9.17) is 10.00 Å². The summed E-state index contributed by atoms with van der Waals surface area (Å²) in [7, 11) is -3.97. The lowest BCUT2D eigenvalue weighted by Gasteiger charge is -2.23. The topological polar surface area (TPSA) is 90.6 Å². The van der Waals surface area contributed by atoms with Gasteiger partial charge in [0.2, 0.25) is 10.0 Å². The highest BCUT2D eigenvalue weighted by molar-refractivity contribution is 7.93. The Balaban J connectivity index is 1.76. The van der Waals surface area contributed by atoms with Crippen LogP contribution in [0.15, 0.2) is 18.2 Å². The van der Waals surface area contributed by atoms with Crippen molar-refractivity contribution in [3.05, 3.63) is 29.3 Å². The SMILES string of the molecule is N#Cc1ccc(N2C[C@H]3[C@H]([C@@H]4O[C@H]3C[C@H]4O)S2(=O)=O)cc1C(F)(F)F. The fourth-order valence-electron chi connectivity index (χ4n) is 4.07. The summed E-state index contributed by atoms with van der Waals surface area (Å²) in [4.78, 5) is 0. The summed E-state index contributed by atoms with van der Waals surface area (Å²) < 4.78 is 71.5. The number of ether oxygens (including phenoxy) is 1. The van der Waals surface area contributed by atoms with E-state index >= 15 is 0 Å². The molecule has 0 spiro atoms. The molecule has 5 atom stereocenters. The van der Waals surface area contributed by atoms with Crippen LogP contribution < -0.4 is 4.31 Å². The molecule has 3 aliphatic heterocycles. The average Bonchev–Trinajstić information content (AvgIpc) is 3.15. The Morgan fingerprint density at radius 3 is 2.72 bits per heavy atom. The van der Waals surface area contributed by atoms with Crippen LogP contribution >= 0.6 is 0 Å². The van der Waals surface area contributed by atoms with Crippen molar-refractivity contribution < 1.29 is 31.4 Å². The lowest BCUT2D eigenvalue weighted by molar-refractivity contribution is -0.137. The molecule has 3 heterocycles. The first-order valence-electron chi connectivity index (χ1n) is 7.61. The molecule has 0 unspecified atom stereocenters. The molecule has 1 aromatic rings. The molecule has 10 heteroatoms.